The number of amides is 2. The Kier molecular flexibility index (Phi) is 8.36. The fourth-order valence-electron chi connectivity index (χ4n) is 3.51. The molecule has 0 saturated heterocycles. The van der Waals surface area contributed by atoms with Gasteiger partial charge in [-0.3, -0.25) is 19.3 Å². The molecule has 0 aromatic heterocycles. The fraction of sp³-hybridized carbons (Fsp3) is 0.391. The number of benzene rings is 2. The van der Waals surface area contributed by atoms with E-state index in [1.54, 1.807) is 0 Å². The second kappa shape index (κ2) is 10.7. The van der Waals surface area contributed by atoms with E-state index in [1.165, 1.54) is 0 Å². The maximum absolute atomic E-state index is 13.1. The minimum Gasteiger partial charge on any atom is -0.272 e. The van der Waals surface area contributed by atoms with Crippen LogP contribution in [0.15, 0.2) is 60.7 Å². The molecule has 2 amide bonds. The van der Waals surface area contributed by atoms with Crippen molar-refractivity contribution >= 4 is 11.8 Å². The van der Waals surface area contributed by atoms with Gasteiger partial charge in [0.25, 0.3) is 11.8 Å². The first kappa shape index (κ1) is 22.6. The van der Waals surface area contributed by atoms with Crippen molar-refractivity contribution in [2.45, 2.75) is 40.9 Å². The van der Waals surface area contributed by atoms with Gasteiger partial charge in [0, 0.05) is 0 Å². The van der Waals surface area contributed by atoms with Gasteiger partial charge in [0.1, 0.15) is 5.41 Å². The van der Waals surface area contributed by atoms with Gasteiger partial charge < -0.3 is 0 Å². The molecule has 0 saturated carbocycles. The van der Waals surface area contributed by atoms with E-state index < -0.39 is 17.2 Å². The predicted molar refractivity (Wildman–Crippen MR) is 111 cm³/mol. The third-order valence-corrected chi connectivity index (χ3v) is 5.07. The normalized spacial score (nSPS) is 11.5. The minimum absolute atomic E-state index is 0.213. The molecule has 156 valence electrons. The molecule has 2 aromatic carbocycles. The van der Waals surface area contributed by atoms with Crippen molar-refractivity contribution in [1.82, 2.24) is 11.0 Å². The maximum Gasteiger partial charge on any atom is 0.259 e. The SMILES string of the molecule is CC(C)C(C(=O)NOCc1ccccc1)(C(=O)NOCc1ccccc1)C(C)C. The summed E-state index contributed by atoms with van der Waals surface area (Å²) in [7, 11) is 0. The molecule has 0 atom stereocenters. The average Bonchev–Trinajstić information content (AvgIpc) is 2.69. The number of hydroxylamine groups is 2. The highest BCUT2D eigenvalue weighted by atomic mass is 16.7. The zero-order valence-corrected chi connectivity index (χ0v) is 17.5. The molecule has 6 nitrogen and oxygen atoms in total. The lowest BCUT2D eigenvalue weighted by Crippen LogP contribution is -2.57. The summed E-state index contributed by atoms with van der Waals surface area (Å²) in [6.07, 6.45) is 0. The minimum atomic E-state index is -1.34. The molecule has 0 aliphatic heterocycles. The van der Waals surface area contributed by atoms with Crippen LogP contribution in [0.25, 0.3) is 0 Å². The molecule has 0 radical (unpaired) electrons. The van der Waals surface area contributed by atoms with Crippen LogP contribution in [0.2, 0.25) is 0 Å². The molecule has 2 N–H and O–H groups in total. The molecule has 29 heavy (non-hydrogen) atoms. The van der Waals surface area contributed by atoms with Crippen molar-refractivity contribution in [3.8, 4) is 0 Å². The summed E-state index contributed by atoms with van der Waals surface area (Å²) in [6.45, 7) is 7.79. The molecular formula is C23H30N2O4. The fourth-order valence-corrected chi connectivity index (χ4v) is 3.51. The third kappa shape index (κ3) is 5.65. The van der Waals surface area contributed by atoms with Crippen LogP contribution in [0.3, 0.4) is 0 Å². The van der Waals surface area contributed by atoms with Gasteiger partial charge in [0.05, 0.1) is 13.2 Å². The zero-order valence-electron chi connectivity index (χ0n) is 17.5. The molecule has 6 heteroatoms. The number of nitrogens with one attached hydrogen (secondary N) is 2. The van der Waals surface area contributed by atoms with E-state index in [2.05, 4.69) is 11.0 Å². The molecule has 0 fully saturated rings. The number of rotatable bonds is 10. The van der Waals surface area contributed by atoms with Crippen molar-refractivity contribution in [3.05, 3.63) is 71.8 Å². The largest absolute Gasteiger partial charge is 0.272 e. The van der Waals surface area contributed by atoms with Gasteiger partial charge in [-0.1, -0.05) is 88.4 Å². The van der Waals surface area contributed by atoms with Crippen LogP contribution < -0.4 is 11.0 Å². The van der Waals surface area contributed by atoms with E-state index in [-0.39, 0.29) is 25.0 Å². The highest BCUT2D eigenvalue weighted by molar-refractivity contribution is 6.05. The van der Waals surface area contributed by atoms with Gasteiger partial charge in [-0.25, -0.2) is 11.0 Å². The van der Waals surface area contributed by atoms with Crippen molar-refractivity contribution in [2.75, 3.05) is 0 Å². The van der Waals surface area contributed by atoms with Gasteiger partial charge in [0.15, 0.2) is 0 Å². The second-order valence-corrected chi connectivity index (χ2v) is 7.59. The van der Waals surface area contributed by atoms with Crippen molar-refractivity contribution in [1.29, 1.82) is 0 Å². The number of carbonyl (C=O) groups excluding carboxylic acids is 2. The molecule has 0 bridgehead atoms. The Morgan fingerprint density at radius 1 is 0.724 bits per heavy atom. The quantitative estimate of drug-likeness (QED) is 0.472. The first-order chi connectivity index (χ1) is 13.9. The maximum atomic E-state index is 13.1. The van der Waals surface area contributed by atoms with E-state index in [0.29, 0.717) is 0 Å². The summed E-state index contributed by atoms with van der Waals surface area (Å²) in [5.41, 5.74) is 5.44. The van der Waals surface area contributed by atoms with Crippen molar-refractivity contribution < 1.29 is 19.3 Å². The summed E-state index contributed by atoms with van der Waals surface area (Å²) < 4.78 is 0. The molecule has 0 heterocycles. The number of carbonyl (C=O) groups is 2. The Labute approximate surface area is 172 Å². The molecule has 2 rings (SSSR count). The van der Waals surface area contributed by atoms with Gasteiger partial charge in [-0.05, 0) is 23.0 Å². The number of hydrogen-bond acceptors (Lipinski definition) is 4. The summed E-state index contributed by atoms with van der Waals surface area (Å²) in [5, 5.41) is 0. The molecular weight excluding hydrogens is 368 g/mol. The van der Waals surface area contributed by atoms with Crippen LogP contribution in [0, 0.1) is 17.3 Å². The summed E-state index contributed by atoms with van der Waals surface area (Å²) in [4.78, 5) is 36.9. The molecule has 0 aliphatic carbocycles. The highest BCUT2D eigenvalue weighted by Crippen LogP contribution is 2.37. The van der Waals surface area contributed by atoms with E-state index in [4.69, 9.17) is 9.68 Å². The van der Waals surface area contributed by atoms with Gasteiger partial charge in [-0.2, -0.15) is 0 Å². The summed E-state index contributed by atoms with van der Waals surface area (Å²) >= 11 is 0. The van der Waals surface area contributed by atoms with Crippen molar-refractivity contribution in [2.24, 2.45) is 17.3 Å². The monoisotopic (exact) mass is 398 g/mol. The smallest absolute Gasteiger partial charge is 0.259 e. The first-order valence-corrected chi connectivity index (χ1v) is 9.81. The molecule has 0 unspecified atom stereocenters. The van der Waals surface area contributed by atoms with Gasteiger partial charge in [0.2, 0.25) is 0 Å². The summed E-state index contributed by atoms with van der Waals surface area (Å²) in [6, 6.07) is 19.0. The standard InChI is InChI=1S/C23H30N2O4/c1-17(2)23(18(3)4,21(26)24-28-15-19-11-7-5-8-12-19)22(27)25-29-16-20-13-9-6-10-14-20/h5-14,17-18H,15-16H2,1-4H3,(H,24,26)(H,25,27). The third-order valence-electron chi connectivity index (χ3n) is 5.07. The Bertz CT molecular complexity index is 708. The van der Waals surface area contributed by atoms with E-state index >= 15 is 0 Å². The molecule has 0 aliphatic rings. The number of hydrogen-bond donors (Lipinski definition) is 2. The van der Waals surface area contributed by atoms with Crippen LogP contribution in [0.5, 0.6) is 0 Å². The van der Waals surface area contributed by atoms with Crippen molar-refractivity contribution in [3.63, 3.8) is 0 Å². The topological polar surface area (TPSA) is 76.7 Å². The Hall–Kier alpha value is -2.70. The van der Waals surface area contributed by atoms with Gasteiger partial charge in [-0.15, -0.1) is 0 Å². The highest BCUT2D eigenvalue weighted by Gasteiger charge is 2.51. The Morgan fingerprint density at radius 3 is 1.38 bits per heavy atom. The zero-order chi connectivity index (χ0) is 21.3. The lowest BCUT2D eigenvalue weighted by atomic mass is 9.67. The second-order valence-electron chi connectivity index (χ2n) is 7.59. The lowest BCUT2D eigenvalue weighted by molar-refractivity contribution is -0.167. The summed E-state index contributed by atoms with van der Waals surface area (Å²) in [5.74, 6) is -1.52. The van der Waals surface area contributed by atoms with Crippen LogP contribution in [-0.4, -0.2) is 11.8 Å². The lowest BCUT2D eigenvalue weighted by Gasteiger charge is -2.37. The van der Waals surface area contributed by atoms with E-state index in [9.17, 15) is 9.59 Å². The molecule has 0 spiro atoms. The Morgan fingerprint density at radius 2 is 1.07 bits per heavy atom. The van der Waals surface area contributed by atoms with Crippen LogP contribution in [0.1, 0.15) is 38.8 Å². The van der Waals surface area contributed by atoms with Crippen LogP contribution >= 0.6 is 0 Å². The first-order valence-electron chi connectivity index (χ1n) is 9.81. The van der Waals surface area contributed by atoms with E-state index in [0.717, 1.165) is 11.1 Å². The molecule has 2 aromatic rings. The van der Waals surface area contributed by atoms with Crippen LogP contribution in [0.4, 0.5) is 0 Å². The van der Waals surface area contributed by atoms with E-state index in [1.807, 2.05) is 88.4 Å². The van der Waals surface area contributed by atoms with Crippen LogP contribution in [-0.2, 0) is 32.5 Å². The predicted octanol–water partition coefficient (Wildman–Crippen LogP) is 3.78. The average molecular weight is 399 g/mol. The van der Waals surface area contributed by atoms with Gasteiger partial charge >= 0.3 is 0 Å². The Balaban J connectivity index is 2.03.